The van der Waals surface area contributed by atoms with E-state index in [1.54, 1.807) is 0 Å². The monoisotopic (exact) mass is 783 g/mol. The summed E-state index contributed by atoms with van der Waals surface area (Å²) in [6, 6.07) is 0. The molecular formula is C48H82N2O6-2. The fraction of sp³-hybridized carbons (Fsp3) is 0.958. The van der Waals surface area contributed by atoms with Crippen molar-refractivity contribution in [3.05, 3.63) is 0 Å². The van der Waals surface area contributed by atoms with E-state index in [0.717, 1.165) is 76.0 Å². The lowest BCUT2D eigenvalue weighted by Crippen LogP contribution is -2.69. The Hall–Kier alpha value is -1.22. The third kappa shape index (κ3) is 9.54. The number of rotatable bonds is 15. The molecule has 2 aliphatic heterocycles. The molecule has 2 saturated heterocycles. The van der Waals surface area contributed by atoms with Crippen LogP contribution in [0.5, 0.6) is 0 Å². The molecule has 0 aromatic heterocycles. The molecule has 6 aliphatic rings. The van der Waals surface area contributed by atoms with Crippen molar-refractivity contribution in [3.63, 3.8) is 0 Å². The lowest BCUT2D eigenvalue weighted by molar-refractivity contribution is -0.355. The summed E-state index contributed by atoms with van der Waals surface area (Å²) in [6.45, 7) is 18.4. The second kappa shape index (κ2) is 17.8. The number of carbonyl (C=O) groups excluding carboxylic acids is 2. The van der Waals surface area contributed by atoms with Gasteiger partial charge >= 0.3 is 0 Å². The van der Waals surface area contributed by atoms with Crippen LogP contribution in [0.4, 0.5) is 0 Å². The summed E-state index contributed by atoms with van der Waals surface area (Å²) in [5.74, 6) is 0.801. The van der Waals surface area contributed by atoms with Gasteiger partial charge in [0.2, 0.25) is 0 Å². The molecule has 0 radical (unpaired) electrons. The van der Waals surface area contributed by atoms with Gasteiger partial charge in [-0.3, -0.25) is 9.68 Å². The summed E-state index contributed by atoms with van der Waals surface area (Å²) in [5.41, 5.74) is -2.43. The molecule has 0 N–H and O–H groups in total. The van der Waals surface area contributed by atoms with Crippen LogP contribution < -0.4 is 10.2 Å². The standard InChI is InChI=1S/C48H84N2O6/c1-44(2)30-36(31-45(3,4)49(44)55-40-26-18-22-34-20-13-15-24-38(34)40)48(43(53)54,29-17-11-9-10-12-28-42(51)52)37-32-46(5,6)50(47(7,8)33-37)56-41-27-19-23-35-21-14-16-25-39(35)41/h34-41H,9-33H2,1-8H3,(H,51,52)(H,53,54)/p-2. The van der Waals surface area contributed by atoms with E-state index in [1.807, 2.05) is 0 Å². The highest BCUT2D eigenvalue weighted by Gasteiger charge is 2.60. The van der Waals surface area contributed by atoms with Crippen LogP contribution in [-0.4, -0.2) is 56.4 Å². The smallest absolute Gasteiger partial charge is 0.0824 e. The van der Waals surface area contributed by atoms with Crippen LogP contribution in [-0.2, 0) is 19.3 Å². The quantitative estimate of drug-likeness (QED) is 0.152. The minimum Gasteiger partial charge on any atom is -0.550 e. The molecule has 6 rings (SSSR count). The largest absolute Gasteiger partial charge is 0.550 e. The molecule has 4 saturated carbocycles. The average Bonchev–Trinajstić information content (AvgIpc) is 3.11. The first-order chi connectivity index (χ1) is 26.4. The summed E-state index contributed by atoms with van der Waals surface area (Å²) in [5, 5.41) is 30.1. The van der Waals surface area contributed by atoms with E-state index in [4.69, 9.17) is 9.68 Å². The Morgan fingerprint density at radius 2 is 0.911 bits per heavy atom. The number of nitrogens with zero attached hydrogens (tertiary/aromatic N) is 2. The van der Waals surface area contributed by atoms with Crippen LogP contribution in [0.25, 0.3) is 0 Å². The van der Waals surface area contributed by atoms with E-state index >= 15 is 0 Å². The van der Waals surface area contributed by atoms with Crippen molar-refractivity contribution in [1.82, 2.24) is 10.1 Å². The highest BCUT2D eigenvalue weighted by molar-refractivity contribution is 5.73. The maximum Gasteiger partial charge on any atom is 0.0824 e. The second-order valence-electron chi connectivity index (χ2n) is 22.6. The molecule has 322 valence electrons. The number of carboxylic acids is 2. The number of carbonyl (C=O) groups is 2. The van der Waals surface area contributed by atoms with Gasteiger partial charge in [0, 0.05) is 39.5 Å². The van der Waals surface area contributed by atoms with Gasteiger partial charge in [0.25, 0.3) is 0 Å². The van der Waals surface area contributed by atoms with Crippen molar-refractivity contribution < 1.29 is 29.5 Å². The predicted octanol–water partition coefficient (Wildman–Crippen LogP) is 9.32. The van der Waals surface area contributed by atoms with Crippen LogP contribution in [0.2, 0.25) is 0 Å². The summed E-state index contributed by atoms with van der Waals surface area (Å²) in [6.07, 6.45) is 26.1. The molecule has 8 heteroatoms. The van der Waals surface area contributed by atoms with Gasteiger partial charge in [-0.05, 0) is 174 Å². The number of carboxylic acid groups (broad SMARTS) is 2. The average molecular weight is 783 g/mol. The van der Waals surface area contributed by atoms with Gasteiger partial charge in [0.1, 0.15) is 0 Å². The molecule has 6 unspecified atom stereocenters. The Morgan fingerprint density at radius 1 is 0.536 bits per heavy atom. The molecule has 0 spiro atoms. The second-order valence-corrected chi connectivity index (χ2v) is 22.6. The lowest BCUT2D eigenvalue weighted by atomic mass is 9.52. The Kier molecular flexibility index (Phi) is 14.1. The van der Waals surface area contributed by atoms with E-state index in [0.29, 0.717) is 24.7 Å². The molecule has 56 heavy (non-hydrogen) atoms. The maximum absolute atomic E-state index is 14.3. The normalized spacial score (nSPS) is 34.9. The van der Waals surface area contributed by atoms with Gasteiger partial charge in [-0.1, -0.05) is 77.0 Å². The molecule has 2 heterocycles. The molecule has 0 aromatic rings. The molecular weight excluding hydrogens is 701 g/mol. The third-order valence-corrected chi connectivity index (χ3v) is 16.5. The zero-order valence-corrected chi connectivity index (χ0v) is 37.1. The number of hydrogen-bond donors (Lipinski definition) is 0. The summed E-state index contributed by atoms with van der Waals surface area (Å²) < 4.78 is 0. The van der Waals surface area contributed by atoms with Gasteiger partial charge < -0.3 is 19.8 Å². The van der Waals surface area contributed by atoms with Crippen molar-refractivity contribution in [3.8, 4) is 0 Å². The molecule has 6 fully saturated rings. The van der Waals surface area contributed by atoms with Gasteiger partial charge in [-0.15, -0.1) is 0 Å². The van der Waals surface area contributed by atoms with E-state index in [1.165, 1.54) is 77.0 Å². The van der Waals surface area contributed by atoms with Gasteiger partial charge in [0.05, 0.1) is 12.2 Å². The van der Waals surface area contributed by atoms with Crippen molar-refractivity contribution in [2.24, 2.45) is 40.9 Å². The van der Waals surface area contributed by atoms with E-state index in [9.17, 15) is 19.8 Å². The van der Waals surface area contributed by atoms with E-state index in [-0.39, 0.29) is 52.6 Å². The van der Waals surface area contributed by atoms with Crippen LogP contribution >= 0.6 is 0 Å². The number of hydroxylamine groups is 4. The fourth-order valence-electron chi connectivity index (χ4n) is 14.5. The van der Waals surface area contributed by atoms with Crippen molar-refractivity contribution in [1.29, 1.82) is 0 Å². The van der Waals surface area contributed by atoms with Gasteiger partial charge in [-0.25, -0.2) is 0 Å². The topological polar surface area (TPSA) is 105 Å². The zero-order valence-electron chi connectivity index (χ0n) is 37.1. The van der Waals surface area contributed by atoms with Gasteiger partial charge in [-0.2, -0.15) is 10.1 Å². The number of unbranched alkanes of at least 4 members (excludes halogenated alkanes) is 4. The van der Waals surface area contributed by atoms with Crippen molar-refractivity contribution in [2.75, 3.05) is 0 Å². The molecule has 0 aromatic carbocycles. The summed E-state index contributed by atoms with van der Waals surface area (Å²) in [7, 11) is 0. The van der Waals surface area contributed by atoms with E-state index in [2.05, 4.69) is 65.5 Å². The SMILES string of the molecule is CC1(C)CC(C(CCCCCCCC(=O)[O-])(C(=O)[O-])C2CC(C)(C)N(OC3CCCC4CCCCC43)C(C)(C)C2)CC(C)(C)N1OC1CCCC2CCCCC21. The van der Waals surface area contributed by atoms with Crippen LogP contribution in [0.15, 0.2) is 0 Å². The first kappa shape index (κ1) is 44.3. The number of hydrogen-bond acceptors (Lipinski definition) is 8. The minimum atomic E-state index is -1.01. The summed E-state index contributed by atoms with van der Waals surface area (Å²) >= 11 is 0. The molecule has 8 nitrogen and oxygen atoms in total. The minimum absolute atomic E-state index is 0.0744. The highest BCUT2D eigenvalue weighted by atomic mass is 16.7. The number of aliphatic carboxylic acids is 2. The Balaban J connectivity index is 1.26. The Morgan fingerprint density at radius 3 is 1.32 bits per heavy atom. The first-order valence-corrected chi connectivity index (χ1v) is 23.7. The van der Waals surface area contributed by atoms with Gasteiger partial charge in [0.15, 0.2) is 0 Å². The molecule has 0 bridgehead atoms. The molecule has 4 aliphatic carbocycles. The van der Waals surface area contributed by atoms with Crippen molar-refractivity contribution >= 4 is 11.9 Å². The van der Waals surface area contributed by atoms with Crippen LogP contribution in [0, 0.1) is 40.9 Å². The van der Waals surface area contributed by atoms with Crippen LogP contribution in [0.1, 0.15) is 216 Å². The number of piperidine rings is 2. The van der Waals surface area contributed by atoms with Crippen LogP contribution in [0.3, 0.4) is 0 Å². The first-order valence-electron chi connectivity index (χ1n) is 23.7. The molecule has 6 atom stereocenters. The maximum atomic E-state index is 14.3. The van der Waals surface area contributed by atoms with Crippen molar-refractivity contribution in [2.45, 2.75) is 250 Å². The number of fused-ring (bicyclic) bond motifs is 2. The fourth-order valence-corrected chi connectivity index (χ4v) is 14.5. The Bertz CT molecular complexity index is 1210. The third-order valence-electron chi connectivity index (χ3n) is 16.5. The zero-order chi connectivity index (χ0) is 40.5. The highest BCUT2D eigenvalue weighted by Crippen LogP contribution is 2.59. The Labute approximate surface area is 341 Å². The predicted molar refractivity (Wildman–Crippen MR) is 219 cm³/mol. The summed E-state index contributed by atoms with van der Waals surface area (Å²) in [4.78, 5) is 39.9. The lowest BCUT2D eigenvalue weighted by Gasteiger charge is -2.64. The molecule has 0 amide bonds. The van der Waals surface area contributed by atoms with E-state index < -0.39 is 17.4 Å².